The van der Waals surface area contributed by atoms with Crippen molar-refractivity contribution in [2.24, 2.45) is 0 Å². The number of phenols is 1. The van der Waals surface area contributed by atoms with Crippen LogP contribution in [0.25, 0.3) is 6.08 Å². The summed E-state index contributed by atoms with van der Waals surface area (Å²) in [5, 5.41) is 28.7. The third-order valence-corrected chi connectivity index (χ3v) is 1.90. The molecule has 0 saturated heterocycles. The van der Waals surface area contributed by atoms with Crippen LogP contribution in [0.2, 0.25) is 5.02 Å². The van der Waals surface area contributed by atoms with Crippen LogP contribution in [0.15, 0.2) is 18.2 Å². The molecule has 80 valence electrons. The van der Waals surface area contributed by atoms with Crippen molar-refractivity contribution in [3.63, 3.8) is 0 Å². The number of nitro groups is 1. The number of halogens is 1. The molecule has 0 aliphatic carbocycles. The zero-order valence-corrected chi connectivity index (χ0v) is 8.31. The first-order valence-electron chi connectivity index (χ1n) is 4.00. The minimum atomic E-state index is -0.725. The summed E-state index contributed by atoms with van der Waals surface area (Å²) in [6.45, 7) is -0.222. The summed E-state index contributed by atoms with van der Waals surface area (Å²) in [4.78, 5) is 9.79. The summed E-state index contributed by atoms with van der Waals surface area (Å²) in [7, 11) is 0. The van der Waals surface area contributed by atoms with E-state index in [1.165, 1.54) is 18.2 Å². The summed E-state index contributed by atoms with van der Waals surface area (Å²) in [6, 6.07) is 2.43. The number of hydrogen-bond acceptors (Lipinski definition) is 4. The van der Waals surface area contributed by atoms with Crippen LogP contribution in [0.1, 0.15) is 5.56 Å². The summed E-state index contributed by atoms with van der Waals surface area (Å²) in [5.74, 6) is -0.464. The van der Waals surface area contributed by atoms with Gasteiger partial charge in [-0.1, -0.05) is 23.8 Å². The normalized spacial score (nSPS) is 10.8. The largest absolute Gasteiger partial charge is 0.502 e. The SMILES string of the molecule is O=[N+]([O-])c1cc(Cl)cc(/C=C/CO)c1O. The molecule has 0 aliphatic heterocycles. The molecule has 5 nitrogen and oxygen atoms in total. The van der Waals surface area contributed by atoms with Crippen molar-refractivity contribution in [2.45, 2.75) is 0 Å². The van der Waals surface area contributed by atoms with Crippen LogP contribution in [0.5, 0.6) is 5.75 Å². The quantitative estimate of drug-likeness (QED) is 0.613. The number of aliphatic hydroxyl groups is 1. The number of rotatable bonds is 3. The number of nitrogens with zero attached hydrogens (tertiary/aromatic N) is 1. The van der Waals surface area contributed by atoms with Gasteiger partial charge in [0, 0.05) is 16.7 Å². The molecule has 1 rings (SSSR count). The molecule has 1 aromatic carbocycles. The van der Waals surface area contributed by atoms with Gasteiger partial charge < -0.3 is 10.2 Å². The fourth-order valence-electron chi connectivity index (χ4n) is 1.05. The highest BCUT2D eigenvalue weighted by Gasteiger charge is 2.16. The third kappa shape index (κ3) is 2.68. The second kappa shape index (κ2) is 4.77. The van der Waals surface area contributed by atoms with Crippen LogP contribution in [-0.4, -0.2) is 21.7 Å². The lowest BCUT2D eigenvalue weighted by Gasteiger charge is -2.01. The first-order chi connectivity index (χ1) is 7.06. The van der Waals surface area contributed by atoms with E-state index in [9.17, 15) is 15.2 Å². The molecule has 0 atom stereocenters. The molecule has 0 unspecified atom stereocenters. The second-order valence-corrected chi connectivity index (χ2v) is 3.14. The average molecular weight is 230 g/mol. The van der Waals surface area contributed by atoms with Crippen molar-refractivity contribution in [3.8, 4) is 5.75 Å². The highest BCUT2D eigenvalue weighted by molar-refractivity contribution is 6.31. The van der Waals surface area contributed by atoms with E-state index in [0.717, 1.165) is 6.07 Å². The Hall–Kier alpha value is -1.59. The minimum absolute atomic E-state index is 0.150. The molecular weight excluding hydrogens is 222 g/mol. The van der Waals surface area contributed by atoms with Gasteiger partial charge in [0.2, 0.25) is 5.75 Å². The van der Waals surface area contributed by atoms with E-state index < -0.39 is 16.4 Å². The fourth-order valence-corrected chi connectivity index (χ4v) is 1.27. The first kappa shape index (κ1) is 11.5. The Morgan fingerprint density at radius 1 is 1.53 bits per heavy atom. The summed E-state index contributed by atoms with van der Waals surface area (Å²) in [5.41, 5.74) is -0.261. The van der Waals surface area contributed by atoms with E-state index in [1.54, 1.807) is 0 Å². The summed E-state index contributed by atoms with van der Waals surface area (Å²) >= 11 is 5.63. The molecule has 0 radical (unpaired) electrons. The monoisotopic (exact) mass is 229 g/mol. The Labute approximate surface area is 90.4 Å². The molecule has 0 saturated carbocycles. The van der Waals surface area contributed by atoms with Crippen molar-refractivity contribution in [3.05, 3.63) is 38.9 Å². The molecule has 0 amide bonds. The van der Waals surface area contributed by atoms with Gasteiger partial charge in [0.15, 0.2) is 0 Å². The summed E-state index contributed by atoms with van der Waals surface area (Å²) < 4.78 is 0. The lowest BCUT2D eigenvalue weighted by Crippen LogP contribution is -1.90. The molecule has 15 heavy (non-hydrogen) atoms. The molecule has 2 N–H and O–H groups in total. The van der Waals surface area contributed by atoms with Gasteiger partial charge in [0.05, 0.1) is 11.5 Å². The Morgan fingerprint density at radius 2 is 2.20 bits per heavy atom. The van der Waals surface area contributed by atoms with E-state index in [2.05, 4.69) is 0 Å². The van der Waals surface area contributed by atoms with Gasteiger partial charge in [-0.3, -0.25) is 10.1 Å². The molecule has 0 fully saturated rings. The van der Waals surface area contributed by atoms with Gasteiger partial charge in [-0.25, -0.2) is 0 Å². The van der Waals surface area contributed by atoms with Gasteiger partial charge in [-0.2, -0.15) is 0 Å². The fraction of sp³-hybridized carbons (Fsp3) is 0.111. The van der Waals surface area contributed by atoms with Crippen molar-refractivity contribution in [1.82, 2.24) is 0 Å². The van der Waals surface area contributed by atoms with Gasteiger partial charge in [0.25, 0.3) is 0 Å². The van der Waals surface area contributed by atoms with Gasteiger partial charge in [-0.05, 0) is 6.07 Å². The van der Waals surface area contributed by atoms with Crippen molar-refractivity contribution < 1.29 is 15.1 Å². The zero-order valence-electron chi connectivity index (χ0n) is 7.55. The zero-order chi connectivity index (χ0) is 11.4. The average Bonchev–Trinajstić information content (AvgIpc) is 2.18. The lowest BCUT2D eigenvalue weighted by molar-refractivity contribution is -0.385. The van der Waals surface area contributed by atoms with Crippen LogP contribution in [-0.2, 0) is 0 Å². The van der Waals surface area contributed by atoms with E-state index in [0.29, 0.717) is 0 Å². The van der Waals surface area contributed by atoms with E-state index in [4.69, 9.17) is 16.7 Å². The van der Waals surface area contributed by atoms with Crippen LogP contribution in [0.3, 0.4) is 0 Å². The van der Waals surface area contributed by atoms with E-state index in [-0.39, 0.29) is 17.2 Å². The molecule has 6 heteroatoms. The minimum Gasteiger partial charge on any atom is -0.502 e. The lowest BCUT2D eigenvalue weighted by atomic mass is 10.1. The number of phenolic OH excluding ortho intramolecular Hbond substituents is 1. The van der Waals surface area contributed by atoms with Crippen LogP contribution in [0, 0.1) is 10.1 Å². The topological polar surface area (TPSA) is 83.6 Å². The molecular formula is C9H8ClNO4. The molecule has 0 bridgehead atoms. The standard InChI is InChI=1S/C9H8ClNO4/c10-7-4-6(2-1-3-12)9(13)8(5-7)11(14)15/h1-2,4-5,12-13H,3H2/b2-1+. The van der Waals surface area contributed by atoms with Crippen molar-refractivity contribution >= 4 is 23.4 Å². The predicted molar refractivity (Wildman–Crippen MR) is 55.9 cm³/mol. The summed E-state index contributed by atoms with van der Waals surface area (Å²) in [6.07, 6.45) is 2.70. The Morgan fingerprint density at radius 3 is 2.73 bits per heavy atom. The Bertz CT molecular complexity index is 417. The maximum atomic E-state index is 10.5. The number of nitro benzene ring substituents is 1. The number of aliphatic hydroxyl groups excluding tert-OH is 1. The maximum absolute atomic E-state index is 10.5. The Balaban J connectivity index is 3.28. The van der Waals surface area contributed by atoms with E-state index in [1.807, 2.05) is 0 Å². The molecule has 1 aromatic rings. The first-order valence-corrected chi connectivity index (χ1v) is 4.38. The number of aromatic hydroxyl groups is 1. The number of benzene rings is 1. The van der Waals surface area contributed by atoms with Crippen molar-refractivity contribution in [1.29, 1.82) is 0 Å². The number of hydrogen-bond donors (Lipinski definition) is 2. The molecule has 0 spiro atoms. The van der Waals surface area contributed by atoms with Gasteiger partial charge in [0.1, 0.15) is 0 Å². The van der Waals surface area contributed by atoms with Gasteiger partial charge >= 0.3 is 5.69 Å². The third-order valence-electron chi connectivity index (χ3n) is 1.68. The highest BCUT2D eigenvalue weighted by Crippen LogP contribution is 2.33. The second-order valence-electron chi connectivity index (χ2n) is 2.70. The van der Waals surface area contributed by atoms with Gasteiger partial charge in [-0.15, -0.1) is 0 Å². The van der Waals surface area contributed by atoms with Crippen LogP contribution in [0.4, 0.5) is 5.69 Å². The maximum Gasteiger partial charge on any atom is 0.312 e. The molecule has 0 heterocycles. The highest BCUT2D eigenvalue weighted by atomic mass is 35.5. The smallest absolute Gasteiger partial charge is 0.312 e. The van der Waals surface area contributed by atoms with E-state index >= 15 is 0 Å². The molecule has 0 aliphatic rings. The van der Waals surface area contributed by atoms with Crippen molar-refractivity contribution in [2.75, 3.05) is 6.61 Å². The predicted octanol–water partition coefficient (Wildman–Crippen LogP) is 1.96. The Kier molecular flexibility index (Phi) is 3.65. The van der Waals surface area contributed by atoms with Crippen LogP contribution < -0.4 is 0 Å². The van der Waals surface area contributed by atoms with Crippen LogP contribution >= 0.6 is 11.6 Å². The molecule has 0 aromatic heterocycles.